The maximum absolute atomic E-state index is 6.86. The molecule has 11 rings (SSSR count). The molecule has 3 nitrogen and oxygen atoms in total. The SMILES string of the molecule is CC1=C(c2cccc3oc4cc(-c5ccc(N(c6ccccc6)c6ccc7ccccc7c6)cc5)c5ccccc5c4c23)NC(c2ccccc2)C=C(c2ccccc2)C1. The predicted molar refractivity (Wildman–Crippen MR) is 253 cm³/mol. The molecule has 1 aliphatic rings. The summed E-state index contributed by atoms with van der Waals surface area (Å²) in [6.45, 7) is 2.27. The quantitative estimate of drug-likeness (QED) is 0.175. The lowest BCUT2D eigenvalue weighted by Gasteiger charge is -2.26. The molecule has 1 N–H and O–H groups in total. The van der Waals surface area contributed by atoms with E-state index in [2.05, 4.69) is 229 Å². The first kappa shape index (κ1) is 35.5. The third-order valence-electron chi connectivity index (χ3n) is 12.1. The number of rotatable bonds is 7. The zero-order valence-electron chi connectivity index (χ0n) is 33.3. The van der Waals surface area contributed by atoms with Crippen LogP contribution in [0.1, 0.15) is 36.1 Å². The molecule has 0 saturated carbocycles. The van der Waals surface area contributed by atoms with Gasteiger partial charge in [-0.25, -0.2) is 0 Å². The molecule has 0 fully saturated rings. The van der Waals surface area contributed by atoms with E-state index in [9.17, 15) is 0 Å². The third kappa shape index (κ3) is 6.32. The van der Waals surface area contributed by atoms with E-state index in [1.54, 1.807) is 0 Å². The summed E-state index contributed by atoms with van der Waals surface area (Å²) < 4.78 is 6.86. The Morgan fingerprint density at radius 1 is 0.483 bits per heavy atom. The molecular weight excluding hydrogens is 729 g/mol. The molecule has 1 atom stereocenters. The van der Waals surface area contributed by atoms with Crippen molar-refractivity contribution in [2.24, 2.45) is 0 Å². The number of allylic oxidation sites excluding steroid dienone is 2. The molecule has 0 saturated heterocycles. The van der Waals surface area contributed by atoms with Gasteiger partial charge >= 0.3 is 0 Å². The fourth-order valence-corrected chi connectivity index (χ4v) is 9.21. The van der Waals surface area contributed by atoms with Crippen molar-refractivity contribution < 1.29 is 4.42 Å². The van der Waals surface area contributed by atoms with Gasteiger partial charge in [-0.2, -0.15) is 0 Å². The summed E-state index contributed by atoms with van der Waals surface area (Å²) in [7, 11) is 0. The van der Waals surface area contributed by atoms with E-state index >= 15 is 0 Å². The maximum Gasteiger partial charge on any atom is 0.136 e. The Balaban J connectivity index is 1.03. The van der Waals surface area contributed by atoms with Crippen LogP contribution in [0.4, 0.5) is 17.1 Å². The number of nitrogens with one attached hydrogen (secondary N) is 1. The van der Waals surface area contributed by atoms with E-state index in [1.807, 2.05) is 0 Å². The maximum atomic E-state index is 6.86. The molecular formula is C57H42N2O. The fourth-order valence-electron chi connectivity index (χ4n) is 9.21. The van der Waals surface area contributed by atoms with Crippen LogP contribution in [0.3, 0.4) is 0 Å². The van der Waals surface area contributed by atoms with Crippen LogP contribution in [-0.4, -0.2) is 0 Å². The molecule has 286 valence electrons. The number of para-hydroxylation sites is 1. The molecule has 1 aromatic heterocycles. The lowest BCUT2D eigenvalue weighted by atomic mass is 9.92. The summed E-state index contributed by atoms with van der Waals surface area (Å²) in [6, 6.07) is 73.9. The van der Waals surface area contributed by atoms with Gasteiger partial charge in [0.2, 0.25) is 0 Å². The number of hydrogen-bond acceptors (Lipinski definition) is 3. The number of nitrogens with zero attached hydrogens (tertiary/aromatic N) is 1. The summed E-state index contributed by atoms with van der Waals surface area (Å²) >= 11 is 0. The third-order valence-corrected chi connectivity index (χ3v) is 12.1. The van der Waals surface area contributed by atoms with Crippen LogP contribution >= 0.6 is 0 Å². The molecule has 9 aromatic carbocycles. The van der Waals surface area contributed by atoms with Crippen LogP contribution in [0.15, 0.2) is 222 Å². The Bertz CT molecular complexity index is 3250. The van der Waals surface area contributed by atoms with Gasteiger partial charge in [0.15, 0.2) is 0 Å². The van der Waals surface area contributed by atoms with Crippen molar-refractivity contribution in [3.63, 3.8) is 0 Å². The highest BCUT2D eigenvalue weighted by atomic mass is 16.3. The lowest BCUT2D eigenvalue weighted by Crippen LogP contribution is -2.18. The number of benzene rings is 9. The molecule has 0 spiro atoms. The summed E-state index contributed by atoms with van der Waals surface area (Å²) in [5.41, 5.74) is 14.8. The van der Waals surface area contributed by atoms with Crippen LogP contribution in [0.2, 0.25) is 0 Å². The zero-order valence-corrected chi connectivity index (χ0v) is 33.3. The Morgan fingerprint density at radius 2 is 1.13 bits per heavy atom. The second kappa shape index (κ2) is 15.0. The van der Waals surface area contributed by atoms with Gasteiger partial charge in [-0.3, -0.25) is 0 Å². The summed E-state index contributed by atoms with van der Waals surface area (Å²) in [4.78, 5) is 2.33. The van der Waals surface area contributed by atoms with Gasteiger partial charge in [0.25, 0.3) is 0 Å². The Morgan fingerprint density at radius 3 is 1.92 bits per heavy atom. The Kier molecular flexibility index (Phi) is 8.86. The molecule has 2 heterocycles. The summed E-state index contributed by atoms with van der Waals surface area (Å²) in [6.07, 6.45) is 3.24. The highest BCUT2D eigenvalue weighted by molar-refractivity contribution is 6.24. The zero-order chi connectivity index (χ0) is 40.0. The van der Waals surface area contributed by atoms with Gasteiger partial charge in [0.1, 0.15) is 11.2 Å². The second-order valence-electron chi connectivity index (χ2n) is 15.8. The van der Waals surface area contributed by atoms with E-state index in [-0.39, 0.29) is 6.04 Å². The molecule has 0 aliphatic carbocycles. The molecule has 1 unspecified atom stereocenters. The highest BCUT2D eigenvalue weighted by Gasteiger charge is 2.24. The second-order valence-corrected chi connectivity index (χ2v) is 15.8. The molecule has 0 amide bonds. The van der Waals surface area contributed by atoms with Crippen molar-refractivity contribution in [1.82, 2.24) is 5.32 Å². The average molecular weight is 771 g/mol. The Hall–Kier alpha value is -7.62. The van der Waals surface area contributed by atoms with E-state index in [1.165, 1.54) is 43.8 Å². The van der Waals surface area contributed by atoms with Crippen molar-refractivity contribution in [1.29, 1.82) is 0 Å². The van der Waals surface area contributed by atoms with Gasteiger partial charge in [-0.15, -0.1) is 0 Å². The minimum absolute atomic E-state index is 0.00681. The first-order valence-corrected chi connectivity index (χ1v) is 20.8. The predicted octanol–water partition coefficient (Wildman–Crippen LogP) is 15.6. The molecule has 1 aliphatic heterocycles. The standard InChI is InChI=1S/C57H42N2O/c1-38-34-44(39-16-5-2-6-17-39)36-52(42-19-7-3-8-20-42)58-57(38)50-26-15-27-53-56(50)55-49-25-14-13-24-48(49)51(37-54(55)60-53)41-29-31-46(32-30-41)59(45-22-9-4-10-23-45)47-33-28-40-18-11-12-21-43(40)35-47/h2-33,35-37,52,58H,34H2,1H3. The molecule has 3 heteroatoms. The molecule has 0 radical (unpaired) electrons. The molecule has 60 heavy (non-hydrogen) atoms. The van der Waals surface area contributed by atoms with Gasteiger partial charge in [-0.05, 0) is 117 Å². The van der Waals surface area contributed by atoms with Crippen molar-refractivity contribution in [2.75, 3.05) is 4.90 Å². The summed E-state index contributed by atoms with van der Waals surface area (Å²) in [5.74, 6) is 0. The number of fused-ring (bicyclic) bond motifs is 6. The minimum atomic E-state index is -0.00681. The normalized spacial score (nSPS) is 14.3. The van der Waals surface area contributed by atoms with Gasteiger partial charge in [0, 0.05) is 39.1 Å². The topological polar surface area (TPSA) is 28.4 Å². The van der Waals surface area contributed by atoms with Gasteiger partial charge < -0.3 is 14.6 Å². The average Bonchev–Trinajstić information content (AvgIpc) is 3.61. The Labute approximate surface area is 350 Å². The van der Waals surface area contributed by atoms with Crippen LogP contribution in [-0.2, 0) is 0 Å². The smallest absolute Gasteiger partial charge is 0.136 e. The van der Waals surface area contributed by atoms with Crippen LogP contribution in [0.25, 0.3) is 65.9 Å². The van der Waals surface area contributed by atoms with Gasteiger partial charge in [0.05, 0.1) is 6.04 Å². The van der Waals surface area contributed by atoms with E-state index in [4.69, 9.17) is 4.42 Å². The van der Waals surface area contributed by atoms with Crippen molar-refractivity contribution in [3.05, 3.63) is 235 Å². The highest BCUT2D eigenvalue weighted by Crippen LogP contribution is 2.45. The first-order chi connectivity index (χ1) is 29.7. The molecule has 0 bridgehead atoms. The van der Waals surface area contributed by atoms with Gasteiger partial charge in [-0.1, -0.05) is 164 Å². The largest absolute Gasteiger partial charge is 0.456 e. The minimum Gasteiger partial charge on any atom is -0.456 e. The van der Waals surface area contributed by atoms with Crippen LogP contribution < -0.4 is 10.2 Å². The lowest BCUT2D eigenvalue weighted by molar-refractivity contribution is 0.669. The van der Waals surface area contributed by atoms with Crippen LogP contribution in [0, 0.1) is 0 Å². The van der Waals surface area contributed by atoms with E-state index < -0.39 is 0 Å². The van der Waals surface area contributed by atoms with E-state index in [0.717, 1.165) is 67.8 Å². The van der Waals surface area contributed by atoms with Crippen molar-refractivity contribution >= 4 is 71.8 Å². The van der Waals surface area contributed by atoms with Crippen molar-refractivity contribution in [3.8, 4) is 11.1 Å². The fraction of sp³-hybridized carbons (Fsp3) is 0.0526. The van der Waals surface area contributed by atoms with Crippen molar-refractivity contribution in [2.45, 2.75) is 19.4 Å². The van der Waals surface area contributed by atoms with Crippen LogP contribution in [0.5, 0.6) is 0 Å². The number of furan rings is 1. The van der Waals surface area contributed by atoms with E-state index in [0.29, 0.717) is 0 Å². The number of anilines is 3. The summed E-state index contributed by atoms with van der Waals surface area (Å²) in [5, 5.41) is 11.1. The molecule has 10 aromatic rings. The number of hydrogen-bond donors (Lipinski definition) is 1. The first-order valence-electron chi connectivity index (χ1n) is 20.8. The monoisotopic (exact) mass is 770 g/mol.